The molecule has 0 spiro atoms. The van der Waals surface area contributed by atoms with Crippen LogP contribution in [0.4, 0.5) is 10.1 Å². The standard InChI is InChI=1S/C30H27FN4O3/c1-37-27-15-20(30(36)34-11-2-3-12-34)4-6-24(27)28-16-25-29(38-28)23(8-10-33-25)19-5-7-26(21(14-19)17-32)35-13-9-22(31)18-35/h4-8,10,14-16,22H,2-3,9,11-13,18H2,1H3. The van der Waals surface area contributed by atoms with Crippen molar-refractivity contribution in [1.82, 2.24) is 9.88 Å². The van der Waals surface area contributed by atoms with Gasteiger partial charge in [-0.05, 0) is 61.2 Å². The summed E-state index contributed by atoms with van der Waals surface area (Å²) in [5, 5.41) is 9.82. The molecular weight excluding hydrogens is 483 g/mol. The molecule has 8 heteroatoms. The molecule has 4 aromatic rings. The monoisotopic (exact) mass is 510 g/mol. The van der Waals surface area contributed by atoms with Gasteiger partial charge in [0.25, 0.3) is 5.91 Å². The quantitative estimate of drug-likeness (QED) is 0.336. The van der Waals surface area contributed by atoms with Gasteiger partial charge in [0, 0.05) is 49.6 Å². The number of rotatable bonds is 5. The molecule has 2 aliphatic heterocycles. The van der Waals surface area contributed by atoms with Crippen LogP contribution in [0.1, 0.15) is 35.2 Å². The second kappa shape index (κ2) is 9.82. The molecule has 38 heavy (non-hydrogen) atoms. The molecule has 0 N–H and O–H groups in total. The largest absolute Gasteiger partial charge is 0.496 e. The van der Waals surface area contributed by atoms with Crippen molar-refractivity contribution in [3.05, 3.63) is 65.9 Å². The number of nitriles is 1. The average molecular weight is 511 g/mol. The molecule has 0 bridgehead atoms. The maximum Gasteiger partial charge on any atom is 0.253 e. The number of pyridine rings is 1. The number of benzene rings is 2. The van der Waals surface area contributed by atoms with Crippen LogP contribution in [-0.4, -0.2) is 55.3 Å². The minimum absolute atomic E-state index is 0.00798. The molecule has 1 atom stereocenters. The Kier molecular flexibility index (Phi) is 6.20. The second-order valence-corrected chi connectivity index (χ2v) is 9.77. The molecule has 2 aliphatic rings. The first-order valence-electron chi connectivity index (χ1n) is 12.9. The molecule has 1 amide bonds. The van der Waals surface area contributed by atoms with Crippen molar-refractivity contribution in [2.24, 2.45) is 0 Å². The summed E-state index contributed by atoms with van der Waals surface area (Å²) in [5.74, 6) is 1.12. The Morgan fingerprint density at radius 3 is 2.68 bits per heavy atom. The van der Waals surface area contributed by atoms with Gasteiger partial charge in [0.05, 0.1) is 23.9 Å². The number of alkyl halides is 1. The SMILES string of the molecule is COc1cc(C(=O)N2CCCC2)ccc1-c1cc2nccc(-c3ccc(N4CCC(F)C4)c(C#N)c3)c2o1. The van der Waals surface area contributed by atoms with E-state index in [4.69, 9.17) is 9.15 Å². The highest BCUT2D eigenvalue weighted by Crippen LogP contribution is 2.39. The van der Waals surface area contributed by atoms with Crippen LogP contribution in [0.2, 0.25) is 0 Å². The number of halogens is 1. The second-order valence-electron chi connectivity index (χ2n) is 9.77. The minimum Gasteiger partial charge on any atom is -0.496 e. The molecule has 6 rings (SSSR count). The highest BCUT2D eigenvalue weighted by molar-refractivity contribution is 5.97. The minimum atomic E-state index is -0.869. The predicted octanol–water partition coefficient (Wildman–Crippen LogP) is 5.83. The molecule has 1 unspecified atom stereocenters. The molecule has 0 radical (unpaired) electrons. The van der Waals surface area contributed by atoms with Crippen molar-refractivity contribution in [2.45, 2.75) is 25.4 Å². The lowest BCUT2D eigenvalue weighted by Gasteiger charge is -2.19. The number of carbonyl (C=O) groups excluding carboxylic acids is 1. The topological polar surface area (TPSA) is 82.6 Å². The van der Waals surface area contributed by atoms with E-state index in [2.05, 4.69) is 11.1 Å². The third-order valence-corrected chi connectivity index (χ3v) is 7.42. The van der Waals surface area contributed by atoms with Gasteiger partial charge in [0.2, 0.25) is 0 Å². The summed E-state index contributed by atoms with van der Waals surface area (Å²) >= 11 is 0. The van der Waals surface area contributed by atoms with Crippen molar-refractivity contribution in [3.63, 3.8) is 0 Å². The zero-order valence-corrected chi connectivity index (χ0v) is 21.1. The molecule has 192 valence electrons. The number of fused-ring (bicyclic) bond motifs is 1. The van der Waals surface area contributed by atoms with Crippen LogP contribution in [0.5, 0.6) is 5.75 Å². The number of hydrogen-bond donors (Lipinski definition) is 0. The van der Waals surface area contributed by atoms with Crippen LogP contribution in [0.3, 0.4) is 0 Å². The van der Waals surface area contributed by atoms with E-state index in [1.165, 1.54) is 0 Å². The van der Waals surface area contributed by atoms with E-state index in [1.54, 1.807) is 25.4 Å². The van der Waals surface area contributed by atoms with Crippen molar-refractivity contribution in [1.29, 1.82) is 5.26 Å². The highest BCUT2D eigenvalue weighted by atomic mass is 19.1. The molecule has 0 aliphatic carbocycles. The fourth-order valence-electron chi connectivity index (χ4n) is 5.43. The molecule has 2 aromatic carbocycles. The first-order chi connectivity index (χ1) is 18.6. The van der Waals surface area contributed by atoms with Crippen molar-refractivity contribution in [2.75, 3.05) is 38.2 Å². The van der Waals surface area contributed by atoms with Gasteiger partial charge in [-0.1, -0.05) is 6.07 Å². The Morgan fingerprint density at radius 1 is 1.11 bits per heavy atom. The van der Waals surface area contributed by atoms with E-state index in [0.717, 1.165) is 48.3 Å². The van der Waals surface area contributed by atoms with E-state index in [0.29, 0.717) is 53.2 Å². The first-order valence-corrected chi connectivity index (χ1v) is 12.9. The number of methoxy groups -OCH3 is 1. The normalized spacial score (nSPS) is 17.2. The number of aromatic nitrogens is 1. The molecule has 2 saturated heterocycles. The van der Waals surface area contributed by atoms with Gasteiger partial charge in [0.15, 0.2) is 5.58 Å². The van der Waals surface area contributed by atoms with Gasteiger partial charge >= 0.3 is 0 Å². The maximum atomic E-state index is 13.8. The Morgan fingerprint density at radius 2 is 1.95 bits per heavy atom. The molecule has 2 aromatic heterocycles. The summed E-state index contributed by atoms with van der Waals surface area (Å²) in [6, 6.07) is 17.0. The third kappa shape index (κ3) is 4.24. The average Bonchev–Trinajstić information content (AvgIpc) is 3.73. The Hall–Kier alpha value is -4.38. The van der Waals surface area contributed by atoms with E-state index in [1.807, 2.05) is 46.2 Å². The molecular formula is C30H27FN4O3. The lowest BCUT2D eigenvalue weighted by atomic mass is 10.0. The number of amides is 1. The Balaban J connectivity index is 1.36. The Bertz CT molecular complexity index is 1570. The summed E-state index contributed by atoms with van der Waals surface area (Å²) in [7, 11) is 1.58. The fourth-order valence-corrected chi connectivity index (χ4v) is 5.43. The van der Waals surface area contributed by atoms with Crippen molar-refractivity contribution >= 4 is 22.7 Å². The lowest BCUT2D eigenvalue weighted by molar-refractivity contribution is 0.0792. The number of carbonyl (C=O) groups is 1. The number of anilines is 1. The van der Waals surface area contributed by atoms with Gasteiger partial charge in [-0.25, -0.2) is 4.39 Å². The summed E-state index contributed by atoms with van der Waals surface area (Å²) in [4.78, 5) is 21.2. The summed E-state index contributed by atoms with van der Waals surface area (Å²) in [6.45, 7) is 2.47. The number of likely N-dealkylation sites (tertiary alicyclic amines) is 1. The molecule has 0 saturated carbocycles. The number of hydrogen-bond acceptors (Lipinski definition) is 6. The first kappa shape index (κ1) is 24.0. The van der Waals surface area contributed by atoms with Crippen LogP contribution in [0, 0.1) is 11.3 Å². The van der Waals surface area contributed by atoms with Crippen LogP contribution in [0.25, 0.3) is 33.6 Å². The van der Waals surface area contributed by atoms with Gasteiger partial charge < -0.3 is 19.0 Å². The predicted molar refractivity (Wildman–Crippen MR) is 143 cm³/mol. The summed E-state index contributed by atoms with van der Waals surface area (Å²) < 4.78 is 25.7. The maximum absolute atomic E-state index is 13.8. The van der Waals surface area contributed by atoms with Crippen molar-refractivity contribution < 1.29 is 18.3 Å². The number of nitrogens with zero attached hydrogens (tertiary/aromatic N) is 4. The summed E-state index contributed by atoms with van der Waals surface area (Å²) in [5.41, 5.74) is 5.41. The molecule has 4 heterocycles. The van der Waals surface area contributed by atoms with Crippen LogP contribution >= 0.6 is 0 Å². The summed E-state index contributed by atoms with van der Waals surface area (Å²) in [6.07, 6.45) is 3.38. The van der Waals surface area contributed by atoms with Crippen LogP contribution in [0.15, 0.2) is 59.1 Å². The zero-order chi connectivity index (χ0) is 26.2. The van der Waals surface area contributed by atoms with Crippen LogP contribution < -0.4 is 9.64 Å². The number of furan rings is 1. The third-order valence-electron chi connectivity index (χ3n) is 7.42. The van der Waals surface area contributed by atoms with Gasteiger partial charge in [-0.3, -0.25) is 9.78 Å². The van der Waals surface area contributed by atoms with Crippen LogP contribution in [-0.2, 0) is 0 Å². The van der Waals surface area contributed by atoms with Gasteiger partial charge in [-0.15, -0.1) is 0 Å². The van der Waals surface area contributed by atoms with Gasteiger partial charge in [-0.2, -0.15) is 5.26 Å². The zero-order valence-electron chi connectivity index (χ0n) is 21.1. The smallest absolute Gasteiger partial charge is 0.253 e. The van der Waals surface area contributed by atoms with E-state index < -0.39 is 6.17 Å². The number of ether oxygens (including phenoxy) is 1. The van der Waals surface area contributed by atoms with Gasteiger partial charge in [0.1, 0.15) is 29.3 Å². The van der Waals surface area contributed by atoms with E-state index >= 15 is 0 Å². The molecule has 7 nitrogen and oxygen atoms in total. The Labute approximate surface area is 220 Å². The highest BCUT2D eigenvalue weighted by Gasteiger charge is 2.25. The van der Waals surface area contributed by atoms with E-state index in [9.17, 15) is 14.4 Å². The van der Waals surface area contributed by atoms with Crippen molar-refractivity contribution in [3.8, 4) is 34.3 Å². The lowest BCUT2D eigenvalue weighted by Crippen LogP contribution is -2.27. The fraction of sp³-hybridized carbons (Fsp3) is 0.300. The van der Waals surface area contributed by atoms with E-state index in [-0.39, 0.29) is 5.91 Å². The molecule has 2 fully saturated rings.